The first-order chi connectivity index (χ1) is 9.99. The Labute approximate surface area is 180 Å². The van der Waals surface area contributed by atoms with Crippen molar-refractivity contribution in [2.75, 3.05) is 0 Å². The van der Waals surface area contributed by atoms with Gasteiger partial charge in [-0.2, -0.15) is 0 Å². The minimum absolute atomic E-state index is 0. The Morgan fingerprint density at radius 3 is 1.82 bits per heavy atom. The summed E-state index contributed by atoms with van der Waals surface area (Å²) in [6.07, 6.45) is 11.3. The molecule has 0 aliphatic heterocycles. The number of rotatable bonds is 13. The van der Waals surface area contributed by atoms with E-state index in [0.717, 1.165) is 12.8 Å². The van der Waals surface area contributed by atoms with E-state index >= 15 is 0 Å². The van der Waals surface area contributed by atoms with Crippen LogP contribution in [0, 0.1) is 5.92 Å². The molecule has 0 aliphatic carbocycles. The van der Waals surface area contributed by atoms with Crippen molar-refractivity contribution in [2.24, 2.45) is 5.92 Å². The van der Waals surface area contributed by atoms with Crippen molar-refractivity contribution in [3.05, 3.63) is 0 Å². The molecule has 2 N–H and O–H groups in total. The van der Waals surface area contributed by atoms with Crippen molar-refractivity contribution >= 4 is 11.9 Å². The zero-order chi connectivity index (χ0) is 16.1. The molecule has 0 aliphatic rings. The van der Waals surface area contributed by atoms with Crippen molar-refractivity contribution in [1.82, 2.24) is 5.32 Å². The SMILES string of the molecule is CCCCCCCCCCCC(=O)N[C@H](C(=O)O)C(C)C.[H-].[K+]. The third-order valence-corrected chi connectivity index (χ3v) is 3.76. The molecular formula is C17H34KNO3. The zero-order valence-electron chi connectivity index (χ0n) is 16.0. The average molecular weight is 340 g/mol. The summed E-state index contributed by atoms with van der Waals surface area (Å²) < 4.78 is 0. The second kappa shape index (κ2) is 16.4. The van der Waals surface area contributed by atoms with E-state index in [9.17, 15) is 9.59 Å². The molecule has 0 saturated heterocycles. The predicted octanol–water partition coefficient (Wildman–Crippen LogP) is 1.25. The Hall–Kier alpha value is 0.576. The molecule has 22 heavy (non-hydrogen) atoms. The number of carbonyl (C=O) groups is 2. The maximum absolute atomic E-state index is 11.7. The molecule has 0 bridgehead atoms. The van der Waals surface area contributed by atoms with Crippen molar-refractivity contribution in [1.29, 1.82) is 0 Å². The van der Waals surface area contributed by atoms with E-state index in [4.69, 9.17) is 5.11 Å². The van der Waals surface area contributed by atoms with Crippen LogP contribution in [0.5, 0.6) is 0 Å². The van der Waals surface area contributed by atoms with Crippen LogP contribution in [0.25, 0.3) is 0 Å². The van der Waals surface area contributed by atoms with E-state index in [1.165, 1.54) is 44.9 Å². The van der Waals surface area contributed by atoms with E-state index in [1.807, 2.05) is 0 Å². The average Bonchev–Trinajstić information content (AvgIpc) is 2.42. The van der Waals surface area contributed by atoms with Crippen molar-refractivity contribution in [2.45, 2.75) is 91.0 Å². The third-order valence-electron chi connectivity index (χ3n) is 3.76. The Balaban J connectivity index is -0.00000200. The van der Waals surface area contributed by atoms with Crippen LogP contribution in [0.3, 0.4) is 0 Å². The Bertz CT molecular complexity index is 302. The standard InChI is InChI=1S/C17H33NO3.K.H/c1-4-5-6-7-8-9-10-11-12-13-15(19)18-16(14(2)3)17(20)21;;/h14,16H,4-13H2,1-3H3,(H,18,19)(H,20,21);;/q;+1;-1/t16-;;/m0../s1. The summed E-state index contributed by atoms with van der Waals surface area (Å²) in [5.74, 6) is -1.18. The Morgan fingerprint density at radius 2 is 1.41 bits per heavy atom. The molecule has 126 valence electrons. The normalized spacial score (nSPS) is 11.8. The molecule has 4 nitrogen and oxygen atoms in total. The quantitative estimate of drug-likeness (QED) is 0.392. The zero-order valence-corrected chi connectivity index (χ0v) is 18.1. The van der Waals surface area contributed by atoms with E-state index in [1.54, 1.807) is 13.8 Å². The molecule has 0 fully saturated rings. The molecule has 0 aromatic carbocycles. The summed E-state index contributed by atoms with van der Waals surface area (Å²) in [7, 11) is 0. The molecule has 0 heterocycles. The van der Waals surface area contributed by atoms with Crippen LogP contribution in [0.1, 0.15) is 86.4 Å². The number of carboxylic acid groups (broad SMARTS) is 1. The van der Waals surface area contributed by atoms with Gasteiger partial charge in [0.05, 0.1) is 0 Å². The number of unbranched alkanes of at least 4 members (excludes halogenated alkanes) is 8. The number of hydrogen-bond acceptors (Lipinski definition) is 2. The molecule has 0 unspecified atom stereocenters. The van der Waals surface area contributed by atoms with Crippen LogP contribution in [0.2, 0.25) is 0 Å². The second-order valence-electron chi connectivity index (χ2n) is 6.21. The van der Waals surface area contributed by atoms with Gasteiger partial charge in [0.25, 0.3) is 0 Å². The summed E-state index contributed by atoms with van der Waals surface area (Å²) in [5, 5.41) is 11.6. The van der Waals surface area contributed by atoms with Crippen molar-refractivity contribution in [3.8, 4) is 0 Å². The monoisotopic (exact) mass is 339 g/mol. The second-order valence-corrected chi connectivity index (χ2v) is 6.21. The van der Waals surface area contributed by atoms with Crippen LogP contribution in [0.4, 0.5) is 0 Å². The van der Waals surface area contributed by atoms with Gasteiger partial charge in [-0.15, -0.1) is 0 Å². The molecule has 0 aromatic rings. The topological polar surface area (TPSA) is 66.4 Å². The summed E-state index contributed by atoms with van der Waals surface area (Å²) in [5.41, 5.74) is 0. The fraction of sp³-hybridized carbons (Fsp3) is 0.882. The van der Waals surface area contributed by atoms with Crippen molar-refractivity contribution < 1.29 is 67.5 Å². The minimum atomic E-state index is -0.953. The fourth-order valence-electron chi connectivity index (χ4n) is 2.36. The summed E-state index contributed by atoms with van der Waals surface area (Å²) in [6.45, 7) is 5.83. The van der Waals surface area contributed by atoms with Crippen molar-refractivity contribution in [3.63, 3.8) is 0 Å². The molecule has 1 atom stereocenters. The number of carbonyl (C=O) groups excluding carboxylic acids is 1. The van der Waals surface area contributed by atoms with Gasteiger partial charge in [-0.1, -0.05) is 72.1 Å². The molecule has 0 saturated carbocycles. The van der Waals surface area contributed by atoms with Gasteiger partial charge in [0.2, 0.25) is 5.91 Å². The van der Waals surface area contributed by atoms with Gasteiger partial charge in [0, 0.05) is 6.42 Å². The van der Waals surface area contributed by atoms with Crippen LogP contribution >= 0.6 is 0 Å². The fourth-order valence-corrected chi connectivity index (χ4v) is 2.36. The number of aliphatic carboxylic acids is 1. The van der Waals surface area contributed by atoms with Gasteiger partial charge in [-0.25, -0.2) is 4.79 Å². The number of nitrogens with one attached hydrogen (secondary N) is 1. The third kappa shape index (κ3) is 14.2. The maximum atomic E-state index is 11.7. The summed E-state index contributed by atoms with van der Waals surface area (Å²) in [6, 6.07) is -0.768. The first-order valence-electron chi connectivity index (χ1n) is 8.51. The van der Waals surface area contributed by atoms with E-state index in [0.29, 0.717) is 6.42 Å². The number of amides is 1. The number of hydrogen-bond donors (Lipinski definition) is 2. The van der Waals surface area contributed by atoms with Crippen LogP contribution in [-0.4, -0.2) is 23.0 Å². The predicted molar refractivity (Wildman–Crippen MR) is 87.4 cm³/mol. The van der Waals surface area contributed by atoms with Gasteiger partial charge in [0.1, 0.15) is 6.04 Å². The first kappa shape index (κ1) is 24.8. The molecule has 0 rings (SSSR count). The molecule has 0 aromatic heterocycles. The molecule has 1 amide bonds. The van der Waals surface area contributed by atoms with Gasteiger partial charge in [0.15, 0.2) is 0 Å². The van der Waals surface area contributed by atoms with Crippen LogP contribution in [0.15, 0.2) is 0 Å². The summed E-state index contributed by atoms with van der Waals surface area (Å²) in [4.78, 5) is 22.7. The van der Waals surface area contributed by atoms with Gasteiger partial charge in [-0.3, -0.25) is 4.79 Å². The molecule has 5 heteroatoms. The van der Waals surface area contributed by atoms with E-state index in [2.05, 4.69) is 12.2 Å². The first-order valence-corrected chi connectivity index (χ1v) is 8.51. The Kier molecular flexibility index (Phi) is 18.5. The van der Waals surface area contributed by atoms with Crippen LogP contribution < -0.4 is 56.7 Å². The Morgan fingerprint density at radius 1 is 0.955 bits per heavy atom. The molecular weight excluding hydrogens is 305 g/mol. The molecule has 0 spiro atoms. The number of carboxylic acids is 1. The minimum Gasteiger partial charge on any atom is -1.00 e. The smallest absolute Gasteiger partial charge is 1.00 e. The van der Waals surface area contributed by atoms with Crippen LogP contribution in [-0.2, 0) is 9.59 Å². The van der Waals surface area contributed by atoms with Gasteiger partial charge < -0.3 is 11.8 Å². The molecule has 0 radical (unpaired) electrons. The van der Waals surface area contributed by atoms with Gasteiger partial charge >= 0.3 is 57.4 Å². The van der Waals surface area contributed by atoms with E-state index < -0.39 is 12.0 Å². The van der Waals surface area contributed by atoms with E-state index in [-0.39, 0.29) is 64.6 Å². The summed E-state index contributed by atoms with van der Waals surface area (Å²) >= 11 is 0. The van der Waals surface area contributed by atoms with Gasteiger partial charge in [-0.05, 0) is 12.3 Å². The maximum Gasteiger partial charge on any atom is 1.00 e. The largest absolute Gasteiger partial charge is 1.00 e.